The number of carbonyl (C=O) groups is 1. The van der Waals surface area contributed by atoms with Gasteiger partial charge in [0, 0.05) is 29.9 Å². The highest BCUT2D eigenvalue weighted by molar-refractivity contribution is 9.10. The molecule has 100 valence electrons. The van der Waals surface area contributed by atoms with E-state index in [0.29, 0.717) is 19.2 Å². The summed E-state index contributed by atoms with van der Waals surface area (Å²) in [5, 5.41) is 2.91. The maximum atomic E-state index is 12.1. The van der Waals surface area contributed by atoms with Gasteiger partial charge in [0.2, 0.25) is 0 Å². The third-order valence-electron chi connectivity index (χ3n) is 2.99. The summed E-state index contributed by atoms with van der Waals surface area (Å²) in [6.45, 7) is 5.12. The molecule has 0 radical (unpaired) electrons. The average Bonchev–Trinajstić information content (AvgIpc) is 3.10. The van der Waals surface area contributed by atoms with Crippen LogP contribution < -0.4 is 5.32 Å². The fourth-order valence-corrected chi connectivity index (χ4v) is 2.39. The van der Waals surface area contributed by atoms with Gasteiger partial charge in [-0.05, 0) is 48.7 Å². The van der Waals surface area contributed by atoms with Crippen LogP contribution in [0.3, 0.4) is 0 Å². The van der Waals surface area contributed by atoms with Gasteiger partial charge < -0.3 is 14.6 Å². The van der Waals surface area contributed by atoms with Gasteiger partial charge >= 0.3 is 0 Å². The lowest BCUT2D eigenvalue weighted by molar-refractivity contribution is 0.0691. The summed E-state index contributed by atoms with van der Waals surface area (Å²) < 4.78 is 8.41. The monoisotopic (exact) mass is 314 g/mol. The van der Waals surface area contributed by atoms with Crippen LogP contribution in [0.15, 0.2) is 16.7 Å². The van der Waals surface area contributed by atoms with Gasteiger partial charge in [-0.3, -0.25) is 4.79 Å². The van der Waals surface area contributed by atoms with Crippen LogP contribution in [0, 0.1) is 0 Å². The maximum Gasteiger partial charge on any atom is 0.268 e. The number of halogens is 1. The van der Waals surface area contributed by atoms with Gasteiger partial charge in [-0.1, -0.05) is 0 Å². The molecule has 1 aliphatic carbocycles. The number of ether oxygens (including phenoxy) is 1. The number of aromatic nitrogens is 1. The van der Waals surface area contributed by atoms with Gasteiger partial charge in [-0.15, -0.1) is 0 Å². The van der Waals surface area contributed by atoms with Crippen LogP contribution in [-0.2, 0) is 4.74 Å². The molecular weight excluding hydrogens is 296 g/mol. The number of rotatable bonds is 6. The zero-order valence-electron chi connectivity index (χ0n) is 10.8. The summed E-state index contributed by atoms with van der Waals surface area (Å²) in [6.07, 6.45) is 4.36. The Hall–Kier alpha value is -0.810. The van der Waals surface area contributed by atoms with E-state index < -0.39 is 0 Å². The summed E-state index contributed by atoms with van der Waals surface area (Å²) in [5.41, 5.74) is 0.730. The molecule has 2 rings (SSSR count). The number of amides is 1. The third-order valence-corrected chi connectivity index (χ3v) is 3.42. The summed E-state index contributed by atoms with van der Waals surface area (Å²) in [6, 6.07) is 2.38. The number of hydrogen-bond acceptors (Lipinski definition) is 2. The minimum Gasteiger partial charge on any atom is -0.377 e. The van der Waals surface area contributed by atoms with E-state index in [1.807, 2.05) is 26.1 Å². The molecule has 4 nitrogen and oxygen atoms in total. The molecule has 1 fully saturated rings. The van der Waals surface area contributed by atoms with Crippen molar-refractivity contribution in [2.24, 2.45) is 0 Å². The Balaban J connectivity index is 1.96. The molecule has 1 aliphatic rings. The first-order valence-electron chi connectivity index (χ1n) is 6.39. The lowest BCUT2D eigenvalue weighted by atomic mass is 10.3. The Labute approximate surface area is 116 Å². The molecule has 5 heteroatoms. The molecule has 1 N–H and O–H groups in total. The van der Waals surface area contributed by atoms with Gasteiger partial charge in [-0.2, -0.15) is 0 Å². The van der Waals surface area contributed by atoms with Crippen LogP contribution in [0.5, 0.6) is 0 Å². The molecule has 0 aromatic carbocycles. The highest BCUT2D eigenvalue weighted by Gasteiger charge is 2.27. The van der Waals surface area contributed by atoms with Crippen molar-refractivity contribution < 1.29 is 9.53 Å². The lowest BCUT2D eigenvalue weighted by Crippen LogP contribution is -2.33. The minimum atomic E-state index is -0.0286. The van der Waals surface area contributed by atoms with E-state index in [1.54, 1.807) is 0 Å². The number of nitrogens with zero attached hydrogens (tertiary/aromatic N) is 1. The van der Waals surface area contributed by atoms with Crippen molar-refractivity contribution in [2.75, 3.05) is 13.2 Å². The Kier molecular flexibility index (Phi) is 4.45. The molecule has 1 atom stereocenters. The van der Waals surface area contributed by atoms with E-state index in [4.69, 9.17) is 4.74 Å². The lowest BCUT2D eigenvalue weighted by Gasteiger charge is -2.13. The van der Waals surface area contributed by atoms with Crippen LogP contribution in [-0.4, -0.2) is 29.7 Å². The van der Waals surface area contributed by atoms with Crippen molar-refractivity contribution in [3.63, 3.8) is 0 Å². The van der Waals surface area contributed by atoms with Gasteiger partial charge in [0.05, 0.1) is 6.10 Å². The fraction of sp³-hybridized carbons (Fsp3) is 0.615. The van der Waals surface area contributed by atoms with Crippen LogP contribution >= 0.6 is 15.9 Å². The molecule has 1 saturated carbocycles. The van der Waals surface area contributed by atoms with Gasteiger partial charge in [0.1, 0.15) is 5.69 Å². The molecule has 1 heterocycles. The third kappa shape index (κ3) is 3.36. The molecule has 0 spiro atoms. The molecular formula is C13H19BrN2O2. The Bertz CT molecular complexity index is 427. The summed E-state index contributed by atoms with van der Waals surface area (Å²) in [5.74, 6) is -0.0286. The van der Waals surface area contributed by atoms with Gasteiger partial charge in [0.15, 0.2) is 0 Å². The molecule has 1 unspecified atom stereocenters. The smallest absolute Gasteiger partial charge is 0.268 e. The molecule has 1 amide bonds. The van der Waals surface area contributed by atoms with Crippen molar-refractivity contribution in [1.29, 1.82) is 0 Å². The largest absolute Gasteiger partial charge is 0.377 e. The predicted octanol–water partition coefficient (Wildman–Crippen LogP) is 2.74. The van der Waals surface area contributed by atoms with Crippen molar-refractivity contribution in [1.82, 2.24) is 9.88 Å². The van der Waals surface area contributed by atoms with Crippen molar-refractivity contribution >= 4 is 21.8 Å². The highest BCUT2D eigenvalue weighted by atomic mass is 79.9. The number of hydrogen-bond donors (Lipinski definition) is 1. The zero-order valence-corrected chi connectivity index (χ0v) is 12.4. The second-order valence-corrected chi connectivity index (χ2v) is 5.57. The number of nitrogens with one attached hydrogen (secondary N) is 1. The normalized spacial score (nSPS) is 16.6. The Morgan fingerprint density at radius 1 is 1.67 bits per heavy atom. The highest BCUT2D eigenvalue weighted by Crippen LogP contribution is 2.37. The molecule has 0 bridgehead atoms. The van der Waals surface area contributed by atoms with Gasteiger partial charge in [-0.25, -0.2) is 0 Å². The maximum absolute atomic E-state index is 12.1. The van der Waals surface area contributed by atoms with Crippen LogP contribution in [0.4, 0.5) is 0 Å². The van der Waals surface area contributed by atoms with E-state index in [0.717, 1.165) is 23.0 Å². The Morgan fingerprint density at radius 3 is 3.00 bits per heavy atom. The van der Waals surface area contributed by atoms with Crippen molar-refractivity contribution in [3.05, 3.63) is 22.4 Å². The minimum absolute atomic E-state index is 0.0286. The second kappa shape index (κ2) is 5.89. The Morgan fingerprint density at radius 2 is 2.39 bits per heavy atom. The quantitative estimate of drug-likeness (QED) is 0.877. The summed E-state index contributed by atoms with van der Waals surface area (Å²) in [7, 11) is 0. The summed E-state index contributed by atoms with van der Waals surface area (Å²) in [4.78, 5) is 12.1. The van der Waals surface area contributed by atoms with E-state index in [1.165, 1.54) is 0 Å². The van der Waals surface area contributed by atoms with E-state index in [-0.39, 0.29) is 12.0 Å². The average molecular weight is 315 g/mol. The van der Waals surface area contributed by atoms with Crippen LogP contribution in [0.2, 0.25) is 0 Å². The van der Waals surface area contributed by atoms with E-state index in [2.05, 4.69) is 25.8 Å². The van der Waals surface area contributed by atoms with Crippen LogP contribution in [0.25, 0.3) is 0 Å². The molecule has 0 saturated heterocycles. The number of carbonyl (C=O) groups excluding carboxylic acids is 1. The van der Waals surface area contributed by atoms with Crippen molar-refractivity contribution in [2.45, 2.75) is 38.8 Å². The fourth-order valence-electron chi connectivity index (χ4n) is 1.95. The summed E-state index contributed by atoms with van der Waals surface area (Å²) >= 11 is 3.43. The molecule has 18 heavy (non-hydrogen) atoms. The van der Waals surface area contributed by atoms with Gasteiger partial charge in [0.25, 0.3) is 5.91 Å². The first-order valence-corrected chi connectivity index (χ1v) is 7.18. The van der Waals surface area contributed by atoms with Crippen molar-refractivity contribution in [3.8, 4) is 0 Å². The zero-order chi connectivity index (χ0) is 13.1. The standard InChI is InChI=1S/C13H19BrN2O2/c1-3-18-9(2)7-15-13(17)12-6-10(14)8-16(12)11-4-5-11/h6,8-9,11H,3-5,7H2,1-2H3,(H,15,17). The first-order chi connectivity index (χ1) is 8.61. The van der Waals surface area contributed by atoms with Crippen LogP contribution in [0.1, 0.15) is 43.2 Å². The van der Waals surface area contributed by atoms with E-state index in [9.17, 15) is 4.79 Å². The SMILES string of the molecule is CCOC(C)CNC(=O)c1cc(Br)cn1C1CC1. The first kappa shape index (κ1) is 13.6. The second-order valence-electron chi connectivity index (χ2n) is 4.66. The molecule has 1 aromatic rings. The molecule has 1 aromatic heterocycles. The van der Waals surface area contributed by atoms with E-state index >= 15 is 0 Å². The molecule has 0 aliphatic heterocycles. The predicted molar refractivity (Wildman–Crippen MR) is 73.8 cm³/mol. The topological polar surface area (TPSA) is 43.3 Å².